The molecule has 0 spiro atoms. The second-order valence-electron chi connectivity index (χ2n) is 5.73. The Balaban J connectivity index is 1.38. The van der Waals surface area contributed by atoms with Crippen LogP contribution in [-0.4, -0.2) is 55.2 Å². The van der Waals surface area contributed by atoms with Crippen LogP contribution in [0.1, 0.15) is 12.0 Å². The van der Waals surface area contributed by atoms with Crippen molar-refractivity contribution in [2.45, 2.75) is 12.8 Å². The Morgan fingerprint density at radius 2 is 2.14 bits per heavy atom. The summed E-state index contributed by atoms with van der Waals surface area (Å²) in [4.78, 5) is 17.5. The van der Waals surface area contributed by atoms with Crippen molar-refractivity contribution in [3.63, 3.8) is 0 Å². The maximum atomic E-state index is 12.0. The van der Waals surface area contributed by atoms with Crippen molar-refractivity contribution in [3.05, 3.63) is 36.0 Å². The first-order valence-electron chi connectivity index (χ1n) is 7.94. The number of aromatic nitrogens is 1. The number of rotatable bonds is 6. The molecule has 5 heteroatoms. The van der Waals surface area contributed by atoms with Gasteiger partial charge in [0, 0.05) is 31.3 Å². The Kier molecular flexibility index (Phi) is 5.08. The fraction of sp³-hybridized carbons (Fsp3) is 0.471. The van der Waals surface area contributed by atoms with Gasteiger partial charge in [-0.1, -0.05) is 12.1 Å². The molecule has 3 rings (SSSR count). The van der Waals surface area contributed by atoms with E-state index in [4.69, 9.17) is 4.74 Å². The van der Waals surface area contributed by atoms with Crippen LogP contribution in [-0.2, 0) is 16.0 Å². The third-order valence-corrected chi connectivity index (χ3v) is 4.06. The molecule has 1 saturated heterocycles. The molecule has 1 aromatic carbocycles. The zero-order chi connectivity index (χ0) is 15.2. The van der Waals surface area contributed by atoms with Crippen LogP contribution in [0.3, 0.4) is 0 Å². The molecule has 2 heterocycles. The van der Waals surface area contributed by atoms with E-state index in [0.29, 0.717) is 6.42 Å². The molecule has 1 aliphatic heterocycles. The predicted octanol–water partition coefficient (Wildman–Crippen LogP) is 1.55. The Hall–Kier alpha value is -1.85. The van der Waals surface area contributed by atoms with Crippen LogP contribution in [0, 0.1) is 0 Å². The number of H-pyrrole nitrogens is 1. The maximum absolute atomic E-state index is 12.0. The second-order valence-corrected chi connectivity index (χ2v) is 5.73. The average molecular weight is 301 g/mol. The summed E-state index contributed by atoms with van der Waals surface area (Å²) in [5, 5.41) is 4.18. The third-order valence-electron chi connectivity index (χ3n) is 4.06. The number of amides is 1. The van der Waals surface area contributed by atoms with Crippen LogP contribution in [0.4, 0.5) is 0 Å². The van der Waals surface area contributed by atoms with E-state index in [2.05, 4.69) is 15.2 Å². The summed E-state index contributed by atoms with van der Waals surface area (Å²) in [5.41, 5.74) is 2.12. The van der Waals surface area contributed by atoms with Gasteiger partial charge in [0.2, 0.25) is 5.91 Å². The number of morpholine rings is 1. The number of ether oxygens (including phenoxy) is 1. The normalized spacial score (nSPS) is 16.0. The van der Waals surface area contributed by atoms with Crippen LogP contribution >= 0.6 is 0 Å². The molecule has 0 aliphatic carbocycles. The second kappa shape index (κ2) is 7.42. The first-order chi connectivity index (χ1) is 10.8. The summed E-state index contributed by atoms with van der Waals surface area (Å²) in [5.74, 6) is 0.0906. The van der Waals surface area contributed by atoms with Crippen LogP contribution in [0.15, 0.2) is 30.5 Å². The number of aromatic amines is 1. The van der Waals surface area contributed by atoms with E-state index in [1.807, 2.05) is 30.5 Å². The van der Waals surface area contributed by atoms with E-state index < -0.39 is 0 Å². The van der Waals surface area contributed by atoms with Gasteiger partial charge in [-0.05, 0) is 36.0 Å². The fourth-order valence-electron chi connectivity index (χ4n) is 2.81. The molecule has 1 aromatic heterocycles. The molecule has 0 radical (unpaired) electrons. The maximum Gasteiger partial charge on any atom is 0.224 e. The highest BCUT2D eigenvalue weighted by atomic mass is 16.5. The quantitative estimate of drug-likeness (QED) is 0.796. The van der Waals surface area contributed by atoms with Crippen LogP contribution in [0.25, 0.3) is 10.9 Å². The van der Waals surface area contributed by atoms with Gasteiger partial charge in [-0.2, -0.15) is 0 Å². The number of nitrogens with one attached hydrogen (secondary N) is 2. The SMILES string of the molecule is O=C(Cc1ccc2cc[nH]c2c1)NCCCN1CCOCC1. The first kappa shape index (κ1) is 15.1. The fourth-order valence-corrected chi connectivity index (χ4v) is 2.81. The van der Waals surface area contributed by atoms with Crippen LogP contribution in [0.5, 0.6) is 0 Å². The molecule has 1 fully saturated rings. The molecule has 0 unspecified atom stereocenters. The highest BCUT2D eigenvalue weighted by Gasteiger charge is 2.09. The zero-order valence-corrected chi connectivity index (χ0v) is 12.8. The smallest absolute Gasteiger partial charge is 0.224 e. The van der Waals surface area contributed by atoms with Gasteiger partial charge < -0.3 is 15.0 Å². The van der Waals surface area contributed by atoms with Gasteiger partial charge in [-0.15, -0.1) is 0 Å². The lowest BCUT2D eigenvalue weighted by Crippen LogP contribution is -2.38. The van der Waals surface area contributed by atoms with E-state index in [1.54, 1.807) is 0 Å². The summed E-state index contributed by atoms with van der Waals surface area (Å²) in [6.07, 6.45) is 3.34. The topological polar surface area (TPSA) is 57.4 Å². The Bertz CT molecular complexity index is 617. The summed E-state index contributed by atoms with van der Waals surface area (Å²) >= 11 is 0. The molecule has 0 bridgehead atoms. The highest BCUT2D eigenvalue weighted by molar-refractivity contribution is 5.83. The number of benzene rings is 1. The van der Waals surface area contributed by atoms with E-state index >= 15 is 0 Å². The molecule has 1 amide bonds. The summed E-state index contributed by atoms with van der Waals surface area (Å²) in [7, 11) is 0. The molecule has 2 aromatic rings. The number of fused-ring (bicyclic) bond motifs is 1. The van der Waals surface area contributed by atoms with Crippen molar-refractivity contribution in [2.75, 3.05) is 39.4 Å². The van der Waals surface area contributed by atoms with Crippen LogP contribution in [0.2, 0.25) is 0 Å². The van der Waals surface area contributed by atoms with Gasteiger partial charge in [0.15, 0.2) is 0 Å². The van der Waals surface area contributed by atoms with Gasteiger partial charge in [-0.25, -0.2) is 0 Å². The minimum atomic E-state index is 0.0906. The number of carbonyl (C=O) groups excluding carboxylic acids is 1. The Labute approximate surface area is 130 Å². The lowest BCUT2D eigenvalue weighted by Gasteiger charge is -2.26. The zero-order valence-electron chi connectivity index (χ0n) is 12.8. The van der Waals surface area contributed by atoms with Crippen molar-refractivity contribution < 1.29 is 9.53 Å². The minimum absolute atomic E-state index is 0.0906. The molecular weight excluding hydrogens is 278 g/mol. The predicted molar refractivity (Wildman–Crippen MR) is 86.9 cm³/mol. The summed E-state index contributed by atoms with van der Waals surface area (Å²) in [6, 6.07) is 8.14. The van der Waals surface area contributed by atoms with Gasteiger partial charge >= 0.3 is 0 Å². The molecule has 1 aliphatic rings. The molecule has 0 atom stereocenters. The van der Waals surface area contributed by atoms with E-state index in [9.17, 15) is 4.79 Å². The molecule has 0 saturated carbocycles. The van der Waals surface area contributed by atoms with Crippen molar-refractivity contribution in [1.82, 2.24) is 15.2 Å². The van der Waals surface area contributed by atoms with Crippen molar-refractivity contribution in [2.24, 2.45) is 0 Å². The summed E-state index contributed by atoms with van der Waals surface area (Å²) < 4.78 is 5.32. The number of nitrogens with zero attached hydrogens (tertiary/aromatic N) is 1. The molecule has 5 nitrogen and oxygen atoms in total. The summed E-state index contributed by atoms with van der Waals surface area (Å²) in [6.45, 7) is 5.42. The monoisotopic (exact) mass is 301 g/mol. The van der Waals surface area contributed by atoms with Gasteiger partial charge in [0.25, 0.3) is 0 Å². The van der Waals surface area contributed by atoms with E-state index in [1.165, 1.54) is 5.39 Å². The average Bonchev–Trinajstić information content (AvgIpc) is 3.00. The van der Waals surface area contributed by atoms with E-state index in [-0.39, 0.29) is 5.91 Å². The van der Waals surface area contributed by atoms with Crippen LogP contribution < -0.4 is 5.32 Å². The lowest BCUT2D eigenvalue weighted by molar-refractivity contribution is -0.120. The van der Waals surface area contributed by atoms with Gasteiger partial charge in [0.1, 0.15) is 0 Å². The molecular formula is C17H23N3O2. The number of hydrogen-bond donors (Lipinski definition) is 2. The van der Waals surface area contributed by atoms with E-state index in [0.717, 1.165) is 56.9 Å². The number of hydrogen-bond acceptors (Lipinski definition) is 3. The van der Waals surface area contributed by atoms with Crippen molar-refractivity contribution in [1.29, 1.82) is 0 Å². The van der Waals surface area contributed by atoms with Crippen molar-refractivity contribution >= 4 is 16.8 Å². The minimum Gasteiger partial charge on any atom is -0.379 e. The van der Waals surface area contributed by atoms with Gasteiger partial charge in [-0.3, -0.25) is 9.69 Å². The Morgan fingerprint density at radius 3 is 3.00 bits per heavy atom. The Morgan fingerprint density at radius 1 is 1.27 bits per heavy atom. The van der Waals surface area contributed by atoms with Gasteiger partial charge in [0.05, 0.1) is 19.6 Å². The number of carbonyl (C=O) groups is 1. The largest absolute Gasteiger partial charge is 0.379 e. The molecule has 2 N–H and O–H groups in total. The lowest BCUT2D eigenvalue weighted by atomic mass is 10.1. The standard InChI is InChI=1S/C17H23N3O2/c21-17(19-5-1-7-20-8-10-22-11-9-20)13-14-2-3-15-4-6-18-16(15)12-14/h2-4,6,12,18H,1,5,7-11,13H2,(H,19,21). The third kappa shape index (κ3) is 4.08. The molecule has 22 heavy (non-hydrogen) atoms. The molecule has 118 valence electrons. The highest BCUT2D eigenvalue weighted by Crippen LogP contribution is 2.14. The van der Waals surface area contributed by atoms with Crippen molar-refractivity contribution in [3.8, 4) is 0 Å². The first-order valence-corrected chi connectivity index (χ1v) is 7.94.